The Balaban J connectivity index is 2.62. The van der Waals surface area contributed by atoms with Crippen molar-refractivity contribution in [2.24, 2.45) is 5.92 Å². The molecule has 0 aliphatic carbocycles. The molecule has 0 spiro atoms. The minimum Gasteiger partial charge on any atom is -0.460 e. The summed E-state index contributed by atoms with van der Waals surface area (Å²) in [6.07, 6.45) is 0.0733. The number of nitrogens with zero attached hydrogens (tertiary/aromatic N) is 1. The van der Waals surface area contributed by atoms with Gasteiger partial charge in [0.2, 0.25) is 0 Å². The minimum atomic E-state index is -0.536. The molecule has 5 heteroatoms. The van der Waals surface area contributed by atoms with Crippen LogP contribution in [0.4, 0.5) is 4.39 Å². The average Bonchev–Trinajstić information content (AvgIpc) is 2.28. The van der Waals surface area contributed by atoms with Crippen LogP contribution in [0.3, 0.4) is 0 Å². The second-order valence-corrected chi connectivity index (χ2v) is 3.98. The second-order valence-electron chi connectivity index (χ2n) is 3.57. The van der Waals surface area contributed by atoms with Gasteiger partial charge < -0.3 is 4.74 Å². The molecule has 0 radical (unpaired) electrons. The molecule has 17 heavy (non-hydrogen) atoms. The third kappa shape index (κ3) is 3.72. The van der Waals surface area contributed by atoms with Crippen LogP contribution in [0, 0.1) is 23.1 Å². The Morgan fingerprint density at radius 1 is 1.65 bits per heavy atom. The molecular weight excluding hydrogens is 245 g/mol. The molecule has 0 aliphatic rings. The molecule has 0 aliphatic heterocycles. The Morgan fingerprint density at radius 2 is 2.35 bits per heavy atom. The Labute approximate surface area is 104 Å². The number of nitriles is 1. The molecule has 1 aromatic carbocycles. The monoisotopic (exact) mass is 255 g/mol. The van der Waals surface area contributed by atoms with E-state index in [1.54, 1.807) is 6.92 Å². The van der Waals surface area contributed by atoms with E-state index >= 15 is 0 Å². The normalized spacial score (nSPS) is 11.6. The van der Waals surface area contributed by atoms with Crippen molar-refractivity contribution in [2.45, 2.75) is 20.0 Å². The predicted octanol–water partition coefficient (Wildman–Crippen LogP) is 3.07. The molecular formula is C12H11ClFNO2. The van der Waals surface area contributed by atoms with Crippen LogP contribution in [0.2, 0.25) is 5.02 Å². The van der Waals surface area contributed by atoms with Crippen LogP contribution >= 0.6 is 11.6 Å². The lowest BCUT2D eigenvalue weighted by Gasteiger charge is -2.10. The molecule has 0 N–H and O–H groups in total. The van der Waals surface area contributed by atoms with Gasteiger partial charge in [-0.1, -0.05) is 24.6 Å². The molecule has 1 atom stereocenters. The van der Waals surface area contributed by atoms with Gasteiger partial charge in [0.1, 0.15) is 12.4 Å². The number of rotatable bonds is 4. The van der Waals surface area contributed by atoms with Crippen LogP contribution in [-0.4, -0.2) is 5.97 Å². The van der Waals surface area contributed by atoms with E-state index in [2.05, 4.69) is 0 Å². The maximum absolute atomic E-state index is 13.3. The van der Waals surface area contributed by atoms with Gasteiger partial charge in [0, 0.05) is 12.0 Å². The highest BCUT2D eigenvalue weighted by Crippen LogP contribution is 2.20. The number of carbonyl (C=O) groups excluding carboxylic acids is 1. The Hall–Kier alpha value is -1.60. The smallest absolute Gasteiger partial charge is 0.310 e. The van der Waals surface area contributed by atoms with Crippen molar-refractivity contribution in [1.82, 2.24) is 0 Å². The second kappa shape index (κ2) is 6.21. The first-order chi connectivity index (χ1) is 8.06. The Kier molecular flexibility index (Phi) is 4.92. The van der Waals surface area contributed by atoms with Crippen molar-refractivity contribution < 1.29 is 13.9 Å². The number of esters is 1. The third-order valence-corrected chi connectivity index (χ3v) is 2.57. The van der Waals surface area contributed by atoms with Gasteiger partial charge in [-0.2, -0.15) is 5.26 Å². The summed E-state index contributed by atoms with van der Waals surface area (Å²) < 4.78 is 18.2. The average molecular weight is 256 g/mol. The zero-order valence-electron chi connectivity index (χ0n) is 9.24. The number of carbonyl (C=O) groups is 1. The molecule has 0 aromatic heterocycles. The predicted molar refractivity (Wildman–Crippen MR) is 60.6 cm³/mol. The Morgan fingerprint density at radius 3 is 2.94 bits per heavy atom. The summed E-state index contributed by atoms with van der Waals surface area (Å²) in [4.78, 5) is 11.4. The van der Waals surface area contributed by atoms with Gasteiger partial charge in [-0.15, -0.1) is 0 Å². The van der Waals surface area contributed by atoms with Crippen LogP contribution in [0.25, 0.3) is 0 Å². The first-order valence-corrected chi connectivity index (χ1v) is 5.40. The van der Waals surface area contributed by atoms with Crippen LogP contribution in [-0.2, 0) is 16.1 Å². The van der Waals surface area contributed by atoms with E-state index in [0.717, 1.165) is 0 Å². The summed E-state index contributed by atoms with van der Waals surface area (Å²) in [5.74, 6) is -1.57. The highest BCUT2D eigenvalue weighted by Gasteiger charge is 2.15. The van der Waals surface area contributed by atoms with E-state index in [9.17, 15) is 9.18 Å². The van der Waals surface area contributed by atoms with Gasteiger partial charge in [-0.05, 0) is 12.1 Å². The number of ether oxygens (including phenoxy) is 1. The van der Waals surface area contributed by atoms with E-state index in [4.69, 9.17) is 21.6 Å². The largest absolute Gasteiger partial charge is 0.460 e. The topological polar surface area (TPSA) is 50.1 Å². The lowest BCUT2D eigenvalue weighted by atomic mass is 10.1. The fourth-order valence-electron chi connectivity index (χ4n) is 1.18. The maximum atomic E-state index is 13.3. The summed E-state index contributed by atoms with van der Waals surface area (Å²) >= 11 is 5.77. The number of benzene rings is 1. The fraction of sp³-hybridized carbons (Fsp3) is 0.333. The number of halogens is 2. The van der Waals surface area contributed by atoms with Crippen molar-refractivity contribution in [3.63, 3.8) is 0 Å². The first kappa shape index (κ1) is 13.5. The van der Waals surface area contributed by atoms with Crippen LogP contribution in [0.5, 0.6) is 0 Å². The summed E-state index contributed by atoms with van der Waals surface area (Å²) in [7, 11) is 0. The van der Waals surface area contributed by atoms with Crippen LogP contribution in [0.15, 0.2) is 18.2 Å². The highest BCUT2D eigenvalue weighted by molar-refractivity contribution is 6.31. The van der Waals surface area contributed by atoms with E-state index in [1.807, 2.05) is 6.07 Å². The van der Waals surface area contributed by atoms with Gasteiger partial charge in [0.05, 0.1) is 17.0 Å². The van der Waals surface area contributed by atoms with E-state index in [-0.39, 0.29) is 23.6 Å². The first-order valence-electron chi connectivity index (χ1n) is 5.02. The van der Waals surface area contributed by atoms with E-state index in [1.165, 1.54) is 18.2 Å². The molecule has 0 saturated heterocycles. The summed E-state index contributed by atoms with van der Waals surface area (Å²) in [6.45, 7) is 1.36. The zero-order valence-corrected chi connectivity index (χ0v) is 10.00. The van der Waals surface area contributed by atoms with Gasteiger partial charge >= 0.3 is 5.97 Å². The highest BCUT2D eigenvalue weighted by atomic mass is 35.5. The van der Waals surface area contributed by atoms with Crippen molar-refractivity contribution in [3.8, 4) is 6.07 Å². The number of hydrogen-bond donors (Lipinski definition) is 0. The van der Waals surface area contributed by atoms with Crippen LogP contribution in [0.1, 0.15) is 18.9 Å². The number of hydrogen-bond acceptors (Lipinski definition) is 3. The van der Waals surface area contributed by atoms with Crippen molar-refractivity contribution in [2.75, 3.05) is 0 Å². The van der Waals surface area contributed by atoms with Crippen molar-refractivity contribution >= 4 is 17.6 Å². The lowest BCUT2D eigenvalue weighted by Crippen LogP contribution is -2.14. The summed E-state index contributed by atoms with van der Waals surface area (Å²) in [5, 5.41) is 8.63. The standard InChI is InChI=1S/C12H11ClFNO2/c1-8(5-6-15)12(16)17-7-9-10(13)3-2-4-11(9)14/h2-4,8H,5,7H2,1H3. The van der Waals surface area contributed by atoms with Crippen molar-refractivity contribution in [1.29, 1.82) is 5.26 Å². The summed E-state index contributed by atoms with van der Waals surface area (Å²) in [6, 6.07) is 6.11. The van der Waals surface area contributed by atoms with Crippen LogP contribution < -0.4 is 0 Å². The molecule has 0 saturated carbocycles. The molecule has 0 bridgehead atoms. The van der Waals surface area contributed by atoms with Crippen molar-refractivity contribution in [3.05, 3.63) is 34.6 Å². The maximum Gasteiger partial charge on any atom is 0.310 e. The van der Waals surface area contributed by atoms with Gasteiger partial charge in [0.25, 0.3) is 0 Å². The van der Waals surface area contributed by atoms with Gasteiger partial charge in [-0.3, -0.25) is 4.79 Å². The molecule has 1 aromatic rings. The molecule has 90 valence electrons. The zero-order chi connectivity index (χ0) is 12.8. The van der Waals surface area contributed by atoms with Gasteiger partial charge in [-0.25, -0.2) is 4.39 Å². The quantitative estimate of drug-likeness (QED) is 0.777. The SMILES string of the molecule is CC(CC#N)C(=O)OCc1c(F)cccc1Cl. The Bertz CT molecular complexity index is 436. The third-order valence-electron chi connectivity index (χ3n) is 2.22. The molecule has 3 nitrogen and oxygen atoms in total. The summed E-state index contributed by atoms with van der Waals surface area (Å²) in [5.41, 5.74) is 0.145. The van der Waals surface area contributed by atoms with E-state index < -0.39 is 17.7 Å². The lowest BCUT2D eigenvalue weighted by molar-refractivity contribution is -0.149. The molecule has 1 rings (SSSR count). The molecule has 0 fully saturated rings. The minimum absolute atomic E-state index is 0.0733. The molecule has 0 amide bonds. The fourth-order valence-corrected chi connectivity index (χ4v) is 1.39. The van der Waals surface area contributed by atoms with E-state index in [0.29, 0.717) is 0 Å². The molecule has 0 heterocycles. The van der Waals surface area contributed by atoms with Gasteiger partial charge in [0.15, 0.2) is 0 Å². The molecule has 1 unspecified atom stereocenters.